The minimum Gasteiger partial charge on any atom is -0.497 e. The summed E-state index contributed by atoms with van der Waals surface area (Å²) in [5.74, 6) is 1.97. The first-order valence-electron chi connectivity index (χ1n) is 9.12. The summed E-state index contributed by atoms with van der Waals surface area (Å²) in [5.41, 5.74) is 1.19. The first-order chi connectivity index (χ1) is 13.5. The summed E-state index contributed by atoms with van der Waals surface area (Å²) in [4.78, 5) is 12.7. The normalized spacial score (nSPS) is 10.3. The molecule has 2 rings (SSSR count). The van der Waals surface area contributed by atoms with Crippen molar-refractivity contribution in [2.24, 2.45) is 0 Å². The third kappa shape index (κ3) is 5.45. The molecule has 0 atom stereocenters. The summed E-state index contributed by atoms with van der Waals surface area (Å²) in [6.45, 7) is 5.09. The van der Waals surface area contributed by atoms with Crippen LogP contribution < -0.4 is 24.3 Å². The third-order valence-electron chi connectivity index (χ3n) is 3.95. The van der Waals surface area contributed by atoms with E-state index in [0.717, 1.165) is 12.0 Å². The number of amides is 1. The fraction of sp³-hybridized carbons (Fsp3) is 0.381. The molecule has 0 saturated heterocycles. The number of hydrogen-bond acceptors (Lipinski definition) is 5. The Labute approximate surface area is 170 Å². The van der Waals surface area contributed by atoms with Gasteiger partial charge in [0, 0.05) is 17.7 Å². The highest BCUT2D eigenvalue weighted by Crippen LogP contribution is 2.37. The number of hydrogen-bond donors (Lipinski definition) is 1. The molecule has 7 heteroatoms. The number of halogens is 1. The molecule has 0 aromatic heterocycles. The molecule has 0 spiro atoms. The second-order valence-corrected chi connectivity index (χ2v) is 6.33. The summed E-state index contributed by atoms with van der Waals surface area (Å²) in [6.07, 6.45) is 0.840. The molecule has 0 saturated carbocycles. The number of carbonyl (C=O) groups is 1. The van der Waals surface area contributed by atoms with Gasteiger partial charge in [-0.25, -0.2) is 0 Å². The van der Waals surface area contributed by atoms with Crippen molar-refractivity contribution < 1.29 is 23.7 Å². The lowest BCUT2D eigenvalue weighted by Gasteiger charge is -2.15. The van der Waals surface area contributed by atoms with Gasteiger partial charge in [0.2, 0.25) is 0 Å². The van der Waals surface area contributed by atoms with Crippen LogP contribution in [0.1, 0.15) is 36.2 Å². The van der Waals surface area contributed by atoms with Gasteiger partial charge in [-0.2, -0.15) is 0 Å². The molecular formula is C21H26ClNO5. The maximum atomic E-state index is 12.7. The summed E-state index contributed by atoms with van der Waals surface area (Å²) in [7, 11) is 3.17. The Morgan fingerprint density at radius 2 is 1.82 bits per heavy atom. The summed E-state index contributed by atoms with van der Waals surface area (Å²) < 4.78 is 21.9. The predicted octanol–water partition coefficient (Wildman–Crippen LogP) is 4.47. The SMILES string of the molecule is CCCOc1c(Cl)cc(C(=O)NCc2cc(OC)ccc2OC)cc1OCC. The number of nitrogens with one attached hydrogen (secondary N) is 1. The minimum absolute atomic E-state index is 0.273. The van der Waals surface area contributed by atoms with Gasteiger partial charge >= 0.3 is 0 Å². The van der Waals surface area contributed by atoms with Crippen molar-refractivity contribution in [3.05, 3.63) is 46.5 Å². The highest BCUT2D eigenvalue weighted by Gasteiger charge is 2.17. The fourth-order valence-corrected chi connectivity index (χ4v) is 2.87. The van der Waals surface area contributed by atoms with Crippen LogP contribution in [-0.2, 0) is 6.54 Å². The van der Waals surface area contributed by atoms with Crippen LogP contribution >= 0.6 is 11.6 Å². The minimum atomic E-state index is -0.283. The van der Waals surface area contributed by atoms with Crippen LogP contribution in [0.2, 0.25) is 5.02 Å². The molecule has 2 aromatic carbocycles. The Balaban J connectivity index is 2.20. The standard InChI is InChI=1S/C21H26ClNO5/c1-5-9-28-20-17(22)11-14(12-19(20)27-6-2)21(24)23-13-15-10-16(25-3)7-8-18(15)26-4/h7-8,10-12H,5-6,9,13H2,1-4H3,(H,23,24). The van der Waals surface area contributed by atoms with E-state index in [9.17, 15) is 4.79 Å². The Kier molecular flexibility index (Phi) is 8.26. The lowest BCUT2D eigenvalue weighted by molar-refractivity contribution is 0.0950. The van der Waals surface area contributed by atoms with E-state index in [1.165, 1.54) is 0 Å². The first kappa shape index (κ1) is 21.7. The van der Waals surface area contributed by atoms with E-state index in [2.05, 4.69) is 5.32 Å². The van der Waals surface area contributed by atoms with Gasteiger partial charge in [0.15, 0.2) is 11.5 Å². The average Bonchev–Trinajstić information content (AvgIpc) is 2.71. The molecule has 0 bridgehead atoms. The van der Waals surface area contributed by atoms with Crippen molar-refractivity contribution in [2.75, 3.05) is 27.4 Å². The lowest BCUT2D eigenvalue weighted by atomic mass is 10.1. The van der Waals surface area contributed by atoms with Crippen LogP contribution in [0, 0.1) is 0 Å². The topological polar surface area (TPSA) is 66.0 Å². The van der Waals surface area contributed by atoms with Crippen molar-refractivity contribution >= 4 is 17.5 Å². The molecule has 0 radical (unpaired) electrons. The molecule has 0 aliphatic carbocycles. The van der Waals surface area contributed by atoms with Crippen molar-refractivity contribution in [1.82, 2.24) is 5.32 Å². The van der Waals surface area contributed by atoms with Gasteiger partial charge in [-0.3, -0.25) is 4.79 Å². The van der Waals surface area contributed by atoms with Gasteiger partial charge < -0.3 is 24.3 Å². The molecule has 2 aromatic rings. The van der Waals surface area contributed by atoms with E-state index in [-0.39, 0.29) is 12.5 Å². The summed E-state index contributed by atoms with van der Waals surface area (Å²) in [6, 6.07) is 8.63. The van der Waals surface area contributed by atoms with Gasteiger partial charge in [0.1, 0.15) is 11.5 Å². The number of ether oxygens (including phenoxy) is 4. The van der Waals surface area contributed by atoms with Crippen LogP contribution in [0.5, 0.6) is 23.0 Å². The molecule has 0 aliphatic rings. The van der Waals surface area contributed by atoms with Gasteiger partial charge in [-0.15, -0.1) is 0 Å². The van der Waals surface area contributed by atoms with E-state index in [4.69, 9.17) is 30.5 Å². The average molecular weight is 408 g/mol. The third-order valence-corrected chi connectivity index (χ3v) is 4.23. The van der Waals surface area contributed by atoms with Gasteiger partial charge in [-0.05, 0) is 43.7 Å². The quantitative estimate of drug-likeness (QED) is 0.629. The van der Waals surface area contributed by atoms with Crippen LogP contribution in [0.3, 0.4) is 0 Å². The largest absolute Gasteiger partial charge is 0.497 e. The zero-order valence-corrected chi connectivity index (χ0v) is 17.4. The number of carbonyl (C=O) groups excluding carboxylic acids is 1. The molecule has 6 nitrogen and oxygen atoms in total. The van der Waals surface area contributed by atoms with E-state index in [1.54, 1.807) is 38.5 Å². The highest BCUT2D eigenvalue weighted by molar-refractivity contribution is 6.32. The lowest BCUT2D eigenvalue weighted by Crippen LogP contribution is -2.23. The maximum Gasteiger partial charge on any atom is 0.251 e. The van der Waals surface area contributed by atoms with Crippen molar-refractivity contribution in [3.8, 4) is 23.0 Å². The highest BCUT2D eigenvalue weighted by atomic mass is 35.5. The molecule has 0 fully saturated rings. The van der Waals surface area contributed by atoms with Crippen molar-refractivity contribution in [2.45, 2.75) is 26.8 Å². The molecule has 28 heavy (non-hydrogen) atoms. The Hall–Kier alpha value is -2.60. The van der Waals surface area contributed by atoms with Crippen LogP contribution in [0.15, 0.2) is 30.3 Å². The van der Waals surface area contributed by atoms with E-state index < -0.39 is 0 Å². The van der Waals surface area contributed by atoms with Gasteiger partial charge in [0.25, 0.3) is 5.91 Å². The van der Waals surface area contributed by atoms with Gasteiger partial charge in [-0.1, -0.05) is 18.5 Å². The summed E-state index contributed by atoms with van der Waals surface area (Å²) in [5, 5.41) is 3.21. The first-order valence-corrected chi connectivity index (χ1v) is 9.50. The van der Waals surface area contributed by atoms with Crippen LogP contribution in [-0.4, -0.2) is 33.3 Å². The second kappa shape index (κ2) is 10.7. The zero-order chi connectivity index (χ0) is 20.5. The fourth-order valence-electron chi connectivity index (χ4n) is 2.60. The molecule has 0 aliphatic heterocycles. The van der Waals surface area contributed by atoms with Gasteiger partial charge in [0.05, 0.1) is 32.5 Å². The van der Waals surface area contributed by atoms with Crippen LogP contribution in [0.4, 0.5) is 0 Å². The molecule has 0 unspecified atom stereocenters. The molecule has 1 N–H and O–H groups in total. The Morgan fingerprint density at radius 1 is 1.04 bits per heavy atom. The smallest absolute Gasteiger partial charge is 0.251 e. The predicted molar refractivity (Wildman–Crippen MR) is 109 cm³/mol. The molecule has 152 valence electrons. The number of benzene rings is 2. The van der Waals surface area contributed by atoms with E-state index >= 15 is 0 Å². The number of rotatable bonds is 10. The maximum absolute atomic E-state index is 12.7. The van der Waals surface area contributed by atoms with E-state index in [1.807, 2.05) is 19.9 Å². The summed E-state index contributed by atoms with van der Waals surface area (Å²) >= 11 is 6.33. The molecule has 0 heterocycles. The van der Waals surface area contributed by atoms with Crippen molar-refractivity contribution in [3.63, 3.8) is 0 Å². The van der Waals surface area contributed by atoms with Crippen LogP contribution in [0.25, 0.3) is 0 Å². The number of methoxy groups -OCH3 is 2. The second-order valence-electron chi connectivity index (χ2n) is 5.93. The zero-order valence-electron chi connectivity index (χ0n) is 16.6. The van der Waals surface area contributed by atoms with E-state index in [0.29, 0.717) is 46.8 Å². The van der Waals surface area contributed by atoms with Crippen molar-refractivity contribution in [1.29, 1.82) is 0 Å². The Bertz CT molecular complexity index is 810. The molecule has 1 amide bonds. The molecular weight excluding hydrogens is 382 g/mol. The Morgan fingerprint density at radius 3 is 2.46 bits per heavy atom. The monoisotopic (exact) mass is 407 g/mol.